The number of aliphatic hydroxyl groups excluding tert-OH is 1. The van der Waals surface area contributed by atoms with Gasteiger partial charge in [-0.2, -0.15) is 0 Å². The van der Waals surface area contributed by atoms with Crippen LogP contribution in [0.2, 0.25) is 0 Å². The molecule has 10 nitrogen and oxygen atoms in total. The molecule has 2 aliphatic carbocycles. The van der Waals surface area contributed by atoms with Gasteiger partial charge in [-0.1, -0.05) is 169 Å². The molecule has 0 atom stereocenters. The van der Waals surface area contributed by atoms with Gasteiger partial charge in [0.25, 0.3) is 11.8 Å². The summed E-state index contributed by atoms with van der Waals surface area (Å²) in [6, 6.07) is 43.4. The van der Waals surface area contributed by atoms with Crippen LogP contribution in [0.5, 0.6) is 0 Å². The first kappa shape index (κ1) is 51.7. The highest BCUT2D eigenvalue weighted by molar-refractivity contribution is 7.21. The number of aliphatic hydroxyl groups is 1. The first-order valence-corrected chi connectivity index (χ1v) is 23.2. The van der Waals surface area contributed by atoms with Crippen LogP contribution in [0.15, 0.2) is 133 Å². The minimum absolute atomic E-state index is 0. The largest absolute Gasteiger partial charge is 0.395 e. The van der Waals surface area contributed by atoms with Crippen molar-refractivity contribution in [3.05, 3.63) is 143 Å². The fraction of sp³-hybridized carbons (Fsp3) is 0.353. The minimum atomic E-state index is -0.908. The molecule has 0 radical (unpaired) electrons. The van der Waals surface area contributed by atoms with Crippen LogP contribution in [0.4, 0.5) is 0 Å². The third kappa shape index (κ3) is 15.9. The van der Waals surface area contributed by atoms with Gasteiger partial charge in [0.1, 0.15) is 17.4 Å². The highest BCUT2D eigenvalue weighted by Gasteiger charge is 2.42. The normalized spacial score (nSPS) is 14.3. The van der Waals surface area contributed by atoms with Crippen molar-refractivity contribution in [1.82, 2.24) is 21.3 Å². The average Bonchev–Trinajstić information content (AvgIpc) is 3.99. The molecule has 0 saturated heterocycles. The number of fused-ring (bicyclic) bond motifs is 2. The topological polar surface area (TPSA) is 154 Å². The van der Waals surface area contributed by atoms with Crippen LogP contribution >= 0.6 is 22.7 Å². The van der Waals surface area contributed by atoms with E-state index in [0.29, 0.717) is 41.7 Å². The molecule has 0 spiro atoms. The molecule has 63 heavy (non-hydrogen) atoms. The lowest BCUT2D eigenvalue weighted by Crippen LogP contribution is -2.59. The maximum Gasteiger partial charge on any atom is 0.262 e. The summed E-state index contributed by atoms with van der Waals surface area (Å²) in [4.78, 5) is 62.3. The van der Waals surface area contributed by atoms with Crippen LogP contribution in [-0.4, -0.2) is 65.8 Å². The Balaban J connectivity index is 0.000000254. The summed E-state index contributed by atoms with van der Waals surface area (Å²) < 4.78 is 2.11. The van der Waals surface area contributed by atoms with Gasteiger partial charge in [0.05, 0.1) is 22.9 Å². The molecule has 2 saturated carbocycles. The lowest BCUT2D eigenvalue weighted by atomic mass is 9.80. The van der Waals surface area contributed by atoms with Crippen molar-refractivity contribution in [1.29, 1.82) is 0 Å². The molecule has 8 rings (SSSR count). The standard InChI is InChI=1S/C18H22N2O3S.C18H20N2O3S.2C6H6.C2H6.CH4/c2*21-11-10-19-17(23)18(8-4-1-5-9-18)20-16(22)15-12-13-6-2-3-7-14(13)24-15;2*1-2-4-6-5-3-1;1-2;/h2-3,6-7,12,21H,1,4-5,8-11H2,(H,19,23)(H,20,22);2-3,6-7,11-12H,1,4-5,8-10H2,(H,19,23)(H,20,22);2*1-6H;1-2H3;1H4. The Morgan fingerprint density at radius 2 is 0.905 bits per heavy atom. The summed E-state index contributed by atoms with van der Waals surface area (Å²) in [6.45, 7) is 4.07. The number of carbonyl (C=O) groups excluding carboxylic acids is 5. The van der Waals surface area contributed by atoms with Crippen molar-refractivity contribution in [2.75, 3.05) is 19.7 Å². The van der Waals surface area contributed by atoms with Crippen molar-refractivity contribution in [2.45, 2.75) is 96.6 Å². The Kier molecular flexibility index (Phi) is 23.0. The second-order valence-electron chi connectivity index (χ2n) is 14.7. The van der Waals surface area contributed by atoms with Gasteiger partial charge < -0.3 is 31.2 Å². The van der Waals surface area contributed by atoms with Gasteiger partial charge in [-0.15, -0.1) is 22.7 Å². The summed E-state index contributed by atoms with van der Waals surface area (Å²) >= 11 is 2.86. The summed E-state index contributed by atoms with van der Waals surface area (Å²) in [6.07, 6.45) is 8.89. The molecule has 2 heterocycles. The fourth-order valence-corrected chi connectivity index (χ4v) is 9.20. The summed E-state index contributed by atoms with van der Waals surface area (Å²) in [5, 5.41) is 22.3. The Bertz CT molecular complexity index is 2100. The maximum absolute atomic E-state index is 12.7. The lowest BCUT2D eigenvalue weighted by molar-refractivity contribution is -0.129. The number of thiophene rings is 2. The Labute approximate surface area is 380 Å². The molecular weight excluding hydrogens is 829 g/mol. The second-order valence-corrected chi connectivity index (χ2v) is 16.8. The van der Waals surface area contributed by atoms with Gasteiger partial charge in [-0.3, -0.25) is 19.2 Å². The highest BCUT2D eigenvalue weighted by atomic mass is 32.1. The zero-order valence-corrected chi connectivity index (χ0v) is 37.4. The molecule has 2 aromatic heterocycles. The third-order valence-corrected chi connectivity index (χ3v) is 12.6. The monoisotopic (exact) mass is 892 g/mol. The lowest BCUT2D eigenvalue weighted by Gasteiger charge is -2.36. The molecule has 0 unspecified atom stereocenters. The fourth-order valence-electron chi connectivity index (χ4n) is 7.29. The smallest absolute Gasteiger partial charge is 0.262 e. The predicted octanol–water partition coefficient (Wildman–Crippen LogP) is 10.1. The summed E-state index contributed by atoms with van der Waals surface area (Å²) in [5.41, 5.74) is -1.77. The van der Waals surface area contributed by atoms with E-state index in [4.69, 9.17) is 5.11 Å². The van der Waals surface area contributed by atoms with Crippen LogP contribution in [0.25, 0.3) is 20.2 Å². The van der Waals surface area contributed by atoms with Crippen LogP contribution in [-0.2, 0) is 14.4 Å². The van der Waals surface area contributed by atoms with Crippen LogP contribution in [0, 0.1) is 0 Å². The predicted molar refractivity (Wildman–Crippen MR) is 260 cm³/mol. The molecule has 5 N–H and O–H groups in total. The second kappa shape index (κ2) is 28.1. The summed E-state index contributed by atoms with van der Waals surface area (Å²) in [7, 11) is 0. The van der Waals surface area contributed by atoms with E-state index in [-0.39, 0.29) is 50.8 Å². The van der Waals surface area contributed by atoms with Crippen molar-refractivity contribution in [3.8, 4) is 0 Å². The van der Waals surface area contributed by atoms with Crippen LogP contribution < -0.4 is 21.3 Å². The van der Waals surface area contributed by atoms with E-state index in [2.05, 4.69) is 21.3 Å². The van der Waals surface area contributed by atoms with E-state index < -0.39 is 11.1 Å². The van der Waals surface area contributed by atoms with E-state index in [9.17, 15) is 24.0 Å². The number of rotatable bonds is 10. The van der Waals surface area contributed by atoms with Gasteiger partial charge in [0.2, 0.25) is 11.8 Å². The number of nitrogens with one attached hydrogen (secondary N) is 4. The van der Waals surface area contributed by atoms with Crippen LogP contribution in [0.3, 0.4) is 0 Å². The van der Waals surface area contributed by atoms with E-state index in [1.165, 1.54) is 22.7 Å². The number of carbonyl (C=O) groups is 5. The molecule has 4 aromatic carbocycles. The molecular formula is C51H64N4O6S2. The van der Waals surface area contributed by atoms with Crippen molar-refractivity contribution >= 4 is 72.8 Å². The number of benzene rings is 4. The van der Waals surface area contributed by atoms with Crippen molar-refractivity contribution < 1.29 is 29.1 Å². The Morgan fingerprint density at radius 3 is 1.24 bits per heavy atom. The van der Waals surface area contributed by atoms with Crippen molar-refractivity contribution in [2.24, 2.45) is 0 Å². The average molecular weight is 893 g/mol. The summed E-state index contributed by atoms with van der Waals surface area (Å²) in [5.74, 6) is -0.869. The molecule has 12 heteroatoms. The number of aldehydes is 1. The molecule has 2 aliphatic rings. The van der Waals surface area contributed by atoms with E-state index >= 15 is 0 Å². The van der Waals surface area contributed by atoms with E-state index in [0.717, 1.165) is 58.7 Å². The molecule has 0 aliphatic heterocycles. The maximum atomic E-state index is 12.7. The number of amides is 4. The molecule has 336 valence electrons. The first-order valence-electron chi connectivity index (χ1n) is 21.5. The highest BCUT2D eigenvalue weighted by Crippen LogP contribution is 2.32. The van der Waals surface area contributed by atoms with Gasteiger partial charge in [0, 0.05) is 15.9 Å². The number of hydrogen-bond donors (Lipinski definition) is 5. The third-order valence-electron chi connectivity index (χ3n) is 10.4. The van der Waals surface area contributed by atoms with Crippen molar-refractivity contribution in [3.63, 3.8) is 0 Å². The zero-order valence-electron chi connectivity index (χ0n) is 35.8. The van der Waals surface area contributed by atoms with Gasteiger partial charge >= 0.3 is 0 Å². The van der Waals surface area contributed by atoms with E-state index in [1.807, 2.05) is 147 Å². The first-order chi connectivity index (χ1) is 30.3. The van der Waals surface area contributed by atoms with Crippen LogP contribution in [0.1, 0.15) is 105 Å². The number of hydrogen-bond acceptors (Lipinski definition) is 8. The Hall–Kier alpha value is -5.69. The minimum Gasteiger partial charge on any atom is -0.395 e. The molecule has 4 amide bonds. The van der Waals surface area contributed by atoms with E-state index in [1.54, 1.807) is 0 Å². The molecule has 6 aromatic rings. The quantitative estimate of drug-likeness (QED) is 0.0864. The molecule has 2 fully saturated rings. The Morgan fingerprint density at radius 1 is 0.556 bits per heavy atom. The van der Waals surface area contributed by atoms with Gasteiger partial charge in [-0.05, 0) is 60.7 Å². The SMILES string of the molecule is C.CC.O=C(NC1(C(=O)NCCO)CCCCC1)c1cc2ccccc2s1.O=CCNC(=O)C1(NC(=O)c2cc3ccccc3s2)CCCCC1.c1ccccc1.c1ccccc1. The zero-order chi connectivity index (χ0) is 44.5. The van der Waals surface area contributed by atoms with Gasteiger partial charge in [-0.25, -0.2) is 0 Å². The molecule has 0 bridgehead atoms. The van der Waals surface area contributed by atoms with Gasteiger partial charge in [0.15, 0.2) is 0 Å².